The highest BCUT2D eigenvalue weighted by Crippen LogP contribution is 2.14. The third kappa shape index (κ3) is 1.23. The molecule has 4 heteroatoms. The largest absolute Gasteiger partial charge is 0.252 e. The molecule has 0 spiro atoms. The molecule has 1 aromatic heterocycles. The Morgan fingerprint density at radius 1 is 1.88 bits per heavy atom. The molecule has 0 aliphatic rings. The molecule has 0 amide bonds. The second kappa shape index (κ2) is 2.71. The lowest BCUT2D eigenvalue weighted by Crippen LogP contribution is -1.67. The van der Waals surface area contributed by atoms with Gasteiger partial charge in [-0.3, -0.25) is 5.10 Å². The average Bonchev–Trinajstić information content (AvgIpc) is 2.19. The Hall–Kier alpha value is -0.510. The van der Waals surface area contributed by atoms with Gasteiger partial charge in [0.1, 0.15) is 5.03 Å². The molecule has 0 saturated heterocycles. The number of aromatic nitrogens is 3. The fourth-order valence-electron chi connectivity index (χ4n) is 0.372. The zero-order valence-corrected chi connectivity index (χ0v) is 5.27. The molecule has 0 atom stereocenters. The molecular weight excluding hydrogens is 122 g/mol. The van der Waals surface area contributed by atoms with Crippen LogP contribution in [0.5, 0.6) is 0 Å². The number of aromatic amines is 1. The van der Waals surface area contributed by atoms with E-state index in [9.17, 15) is 0 Å². The first-order valence-corrected chi connectivity index (χ1v) is 3.12. The molecule has 1 heterocycles. The van der Waals surface area contributed by atoms with Crippen LogP contribution in [0.1, 0.15) is 6.92 Å². The summed E-state index contributed by atoms with van der Waals surface area (Å²) in [6, 6.07) is 0. The lowest BCUT2D eigenvalue weighted by Gasteiger charge is -1.84. The Labute approximate surface area is 51.9 Å². The van der Waals surface area contributed by atoms with Crippen LogP contribution < -0.4 is 0 Å². The molecule has 0 saturated carbocycles. The Balaban J connectivity index is 2.50. The molecular formula is C4H6N3S. The number of hydrogen-bond donors (Lipinski definition) is 1. The normalized spacial score (nSPS) is 9.62. The lowest BCUT2D eigenvalue weighted by molar-refractivity contribution is 0.911. The molecule has 0 aliphatic heterocycles. The van der Waals surface area contributed by atoms with Crippen molar-refractivity contribution in [1.29, 1.82) is 0 Å². The Bertz CT molecular complexity index is 137. The summed E-state index contributed by atoms with van der Waals surface area (Å²) in [7, 11) is 0. The standard InChI is InChI=1S/C4H6N3S/c1-2-8-4-3-5-7-6-4/h2-3H,1H3,(H,5,6,7). The smallest absolute Gasteiger partial charge is 0.111 e. The van der Waals surface area contributed by atoms with Crippen LogP contribution in [-0.4, -0.2) is 15.4 Å². The molecule has 0 aliphatic carbocycles. The van der Waals surface area contributed by atoms with Crippen molar-refractivity contribution in [2.45, 2.75) is 11.9 Å². The summed E-state index contributed by atoms with van der Waals surface area (Å²) in [6.07, 6.45) is 1.69. The minimum Gasteiger partial charge on any atom is -0.252 e. The molecule has 0 aromatic carbocycles. The molecule has 43 valence electrons. The van der Waals surface area contributed by atoms with E-state index in [0.717, 1.165) is 5.03 Å². The second-order valence-electron chi connectivity index (χ2n) is 1.17. The van der Waals surface area contributed by atoms with E-state index >= 15 is 0 Å². The van der Waals surface area contributed by atoms with Crippen LogP contribution in [0.15, 0.2) is 11.2 Å². The highest BCUT2D eigenvalue weighted by molar-refractivity contribution is 8.01. The van der Waals surface area contributed by atoms with Crippen molar-refractivity contribution >= 4 is 11.8 Å². The van der Waals surface area contributed by atoms with E-state index in [1.807, 2.05) is 12.7 Å². The van der Waals surface area contributed by atoms with Crippen molar-refractivity contribution in [2.24, 2.45) is 0 Å². The van der Waals surface area contributed by atoms with Gasteiger partial charge in [0.05, 0.1) is 6.20 Å². The van der Waals surface area contributed by atoms with Crippen LogP contribution in [0.4, 0.5) is 0 Å². The molecule has 1 N–H and O–H groups in total. The van der Waals surface area contributed by atoms with Gasteiger partial charge >= 0.3 is 0 Å². The fourth-order valence-corrected chi connectivity index (χ4v) is 0.828. The first kappa shape index (κ1) is 5.62. The average molecular weight is 128 g/mol. The molecule has 0 fully saturated rings. The molecule has 1 rings (SSSR count). The topological polar surface area (TPSA) is 41.6 Å². The summed E-state index contributed by atoms with van der Waals surface area (Å²) in [6.45, 7) is 1.96. The van der Waals surface area contributed by atoms with Crippen molar-refractivity contribution < 1.29 is 0 Å². The van der Waals surface area contributed by atoms with Crippen LogP contribution in [0.25, 0.3) is 0 Å². The molecule has 1 radical (unpaired) electrons. The van der Waals surface area contributed by atoms with E-state index < -0.39 is 0 Å². The maximum absolute atomic E-state index is 3.59. The second-order valence-corrected chi connectivity index (χ2v) is 2.32. The monoisotopic (exact) mass is 128 g/mol. The van der Waals surface area contributed by atoms with Gasteiger partial charge in [-0.2, -0.15) is 0 Å². The third-order valence-electron chi connectivity index (χ3n) is 0.638. The summed E-state index contributed by atoms with van der Waals surface area (Å²) in [5, 5.41) is 10.8. The van der Waals surface area contributed by atoms with Crippen LogP contribution >= 0.6 is 11.8 Å². The predicted molar refractivity (Wildman–Crippen MR) is 32.2 cm³/mol. The van der Waals surface area contributed by atoms with Gasteiger partial charge in [0, 0.05) is 5.75 Å². The van der Waals surface area contributed by atoms with Crippen molar-refractivity contribution in [1.82, 2.24) is 15.4 Å². The van der Waals surface area contributed by atoms with E-state index in [4.69, 9.17) is 0 Å². The Morgan fingerprint density at radius 2 is 2.75 bits per heavy atom. The minimum atomic E-state index is 0.979. The summed E-state index contributed by atoms with van der Waals surface area (Å²) < 4.78 is 0. The highest BCUT2D eigenvalue weighted by atomic mass is 32.2. The van der Waals surface area contributed by atoms with E-state index in [1.165, 1.54) is 0 Å². The zero-order valence-electron chi connectivity index (χ0n) is 4.46. The van der Waals surface area contributed by atoms with E-state index in [1.54, 1.807) is 18.0 Å². The fraction of sp³-hybridized carbons (Fsp3) is 0.250. The van der Waals surface area contributed by atoms with Gasteiger partial charge in [-0.25, -0.2) is 0 Å². The predicted octanol–water partition coefficient (Wildman–Crippen LogP) is 1.08. The van der Waals surface area contributed by atoms with Crippen LogP contribution in [0, 0.1) is 5.75 Å². The van der Waals surface area contributed by atoms with Crippen LogP contribution in [-0.2, 0) is 0 Å². The molecule has 3 nitrogen and oxygen atoms in total. The number of H-pyrrole nitrogens is 1. The maximum atomic E-state index is 3.59. The first-order valence-electron chi connectivity index (χ1n) is 2.24. The number of nitrogens with one attached hydrogen (secondary N) is 1. The number of rotatable bonds is 2. The maximum Gasteiger partial charge on any atom is 0.111 e. The van der Waals surface area contributed by atoms with Gasteiger partial charge < -0.3 is 0 Å². The third-order valence-corrected chi connectivity index (χ3v) is 1.32. The number of thioether (sulfide) groups is 1. The SMILES string of the molecule is C[CH]Sc1cnn[nH]1. The van der Waals surface area contributed by atoms with Crippen LogP contribution in [0.2, 0.25) is 0 Å². The molecule has 0 unspecified atom stereocenters. The van der Waals surface area contributed by atoms with E-state index in [-0.39, 0.29) is 0 Å². The first-order chi connectivity index (χ1) is 3.93. The van der Waals surface area contributed by atoms with Gasteiger partial charge in [0.2, 0.25) is 0 Å². The van der Waals surface area contributed by atoms with Gasteiger partial charge in [0.15, 0.2) is 0 Å². The van der Waals surface area contributed by atoms with Gasteiger partial charge in [0.25, 0.3) is 0 Å². The summed E-state index contributed by atoms with van der Waals surface area (Å²) in [4.78, 5) is 0. The highest BCUT2D eigenvalue weighted by Gasteiger charge is 1.89. The minimum absolute atomic E-state index is 0.979. The summed E-state index contributed by atoms with van der Waals surface area (Å²) >= 11 is 1.58. The van der Waals surface area contributed by atoms with Crippen molar-refractivity contribution in [3.05, 3.63) is 11.9 Å². The van der Waals surface area contributed by atoms with Gasteiger partial charge in [-0.1, -0.05) is 12.1 Å². The van der Waals surface area contributed by atoms with Crippen molar-refractivity contribution in [3.8, 4) is 0 Å². The number of nitrogens with zero attached hydrogens (tertiary/aromatic N) is 2. The Morgan fingerprint density at radius 3 is 3.25 bits per heavy atom. The molecule has 8 heavy (non-hydrogen) atoms. The quantitative estimate of drug-likeness (QED) is 0.606. The Kier molecular flexibility index (Phi) is 1.91. The number of hydrogen-bond acceptors (Lipinski definition) is 3. The zero-order chi connectivity index (χ0) is 5.82. The summed E-state index contributed by atoms with van der Waals surface area (Å²) in [5.41, 5.74) is 0. The van der Waals surface area contributed by atoms with Crippen molar-refractivity contribution in [2.75, 3.05) is 0 Å². The van der Waals surface area contributed by atoms with Gasteiger partial charge in [-0.05, 0) is 0 Å². The van der Waals surface area contributed by atoms with Gasteiger partial charge in [-0.15, -0.1) is 16.9 Å². The van der Waals surface area contributed by atoms with Crippen LogP contribution in [0.3, 0.4) is 0 Å². The van der Waals surface area contributed by atoms with Crippen molar-refractivity contribution in [3.63, 3.8) is 0 Å². The van der Waals surface area contributed by atoms with E-state index in [2.05, 4.69) is 15.4 Å². The van der Waals surface area contributed by atoms with E-state index in [0.29, 0.717) is 0 Å². The molecule has 1 aromatic rings. The molecule has 0 bridgehead atoms. The lowest BCUT2D eigenvalue weighted by atomic mass is 10.9. The summed E-state index contributed by atoms with van der Waals surface area (Å²) in [5.74, 6) is 1.97.